The number of hydrogen-bond donors (Lipinski definition) is 0. The Morgan fingerprint density at radius 3 is 2.76 bits per heavy atom. The molecule has 1 fully saturated rings. The van der Waals surface area contributed by atoms with Crippen molar-refractivity contribution in [3.63, 3.8) is 0 Å². The number of imidazole rings is 1. The molecule has 0 spiro atoms. The fraction of sp³-hybridized carbons (Fsp3) is 0.318. The Balaban J connectivity index is 1.74. The van der Waals surface area contributed by atoms with Crippen molar-refractivity contribution in [2.24, 2.45) is 0 Å². The van der Waals surface area contributed by atoms with E-state index in [-0.39, 0.29) is 6.04 Å². The Morgan fingerprint density at radius 2 is 2.03 bits per heavy atom. The van der Waals surface area contributed by atoms with Crippen LogP contribution in [0.15, 0.2) is 36.8 Å². The number of fused-ring (bicyclic) bond motifs is 3. The molecule has 144 valence electrons. The van der Waals surface area contributed by atoms with Gasteiger partial charge in [0.15, 0.2) is 0 Å². The lowest BCUT2D eigenvalue weighted by atomic mass is 10.1. The van der Waals surface area contributed by atoms with Crippen LogP contribution in [0.4, 0.5) is 4.39 Å². The molecule has 0 bridgehead atoms. The summed E-state index contributed by atoms with van der Waals surface area (Å²) in [5.74, 6) is 0.828. The van der Waals surface area contributed by atoms with Gasteiger partial charge in [0.05, 0.1) is 40.3 Å². The van der Waals surface area contributed by atoms with Crippen molar-refractivity contribution in [2.75, 3.05) is 0 Å². The van der Waals surface area contributed by atoms with Gasteiger partial charge in [-0.25, -0.2) is 9.37 Å². The van der Waals surface area contributed by atoms with Crippen molar-refractivity contribution >= 4 is 21.9 Å². The highest BCUT2D eigenvalue weighted by Crippen LogP contribution is 2.37. The Hall–Kier alpha value is -3.40. The second-order valence-electron chi connectivity index (χ2n) is 7.62. The third-order valence-electron chi connectivity index (χ3n) is 5.60. The molecule has 5 rings (SSSR count). The number of aryl methyl sites for hydroxylation is 1. The Bertz CT molecular complexity index is 1250. The van der Waals surface area contributed by atoms with Crippen molar-refractivity contribution in [1.82, 2.24) is 24.5 Å². The molecule has 29 heavy (non-hydrogen) atoms. The lowest BCUT2D eigenvalue weighted by Gasteiger charge is -2.17. The normalized spacial score (nSPS) is 19.1. The van der Waals surface area contributed by atoms with Crippen molar-refractivity contribution in [3.8, 4) is 6.07 Å². The van der Waals surface area contributed by atoms with E-state index in [1.807, 2.05) is 19.1 Å². The fourth-order valence-corrected chi connectivity index (χ4v) is 4.22. The zero-order valence-corrected chi connectivity index (χ0v) is 16.0. The topological polar surface area (TPSA) is 80.3 Å². The van der Waals surface area contributed by atoms with Gasteiger partial charge in [0.2, 0.25) is 0 Å². The molecule has 1 saturated carbocycles. The van der Waals surface area contributed by atoms with Gasteiger partial charge < -0.3 is 4.57 Å². The van der Waals surface area contributed by atoms with Crippen molar-refractivity contribution in [2.45, 2.75) is 44.8 Å². The number of benzene rings is 1. The smallest absolute Gasteiger partial charge is 0.116 e. The summed E-state index contributed by atoms with van der Waals surface area (Å²) in [6, 6.07) is 7.68. The van der Waals surface area contributed by atoms with E-state index in [0.717, 1.165) is 45.6 Å². The largest absolute Gasteiger partial charge is 0.324 e. The van der Waals surface area contributed by atoms with E-state index in [2.05, 4.69) is 25.6 Å². The summed E-state index contributed by atoms with van der Waals surface area (Å²) in [6.45, 7) is 1.90. The molecule has 3 aromatic heterocycles. The molecular formula is C22H19FN6. The number of pyridine rings is 1. The van der Waals surface area contributed by atoms with Crippen LogP contribution in [0.25, 0.3) is 21.9 Å². The van der Waals surface area contributed by atoms with Crippen LogP contribution in [-0.2, 0) is 6.42 Å². The standard InChI is InChI=1S/C22H19FN6/c1-13-10-26-16(11-25-13)8-21-28-20-12-27-19-5-2-14(9-24)6-18(19)22(20)29(21)17-4-3-15(23)7-17/h2,5-6,10-12,15,17H,3-4,7-8H2,1H3. The van der Waals surface area contributed by atoms with Crippen molar-refractivity contribution < 1.29 is 4.39 Å². The number of nitrogens with zero attached hydrogens (tertiary/aromatic N) is 6. The number of alkyl halides is 1. The first-order valence-corrected chi connectivity index (χ1v) is 9.73. The number of rotatable bonds is 3. The summed E-state index contributed by atoms with van der Waals surface area (Å²) in [7, 11) is 0. The molecule has 2 atom stereocenters. The molecule has 0 amide bonds. The molecule has 1 aliphatic rings. The highest BCUT2D eigenvalue weighted by atomic mass is 19.1. The number of halogens is 1. The summed E-state index contributed by atoms with van der Waals surface area (Å²) in [5.41, 5.74) is 4.72. The maximum Gasteiger partial charge on any atom is 0.116 e. The average Bonchev–Trinajstić information content (AvgIpc) is 3.32. The molecule has 0 radical (unpaired) electrons. The van der Waals surface area contributed by atoms with Crippen LogP contribution >= 0.6 is 0 Å². The zero-order valence-electron chi connectivity index (χ0n) is 16.0. The van der Waals surface area contributed by atoms with Gasteiger partial charge in [-0.15, -0.1) is 0 Å². The van der Waals surface area contributed by atoms with E-state index in [4.69, 9.17) is 4.98 Å². The molecule has 3 heterocycles. The first kappa shape index (κ1) is 17.7. The van der Waals surface area contributed by atoms with Gasteiger partial charge in [-0.1, -0.05) is 0 Å². The molecule has 6 nitrogen and oxygen atoms in total. The van der Waals surface area contributed by atoms with Gasteiger partial charge in [0, 0.05) is 30.2 Å². The molecule has 1 aliphatic carbocycles. The van der Waals surface area contributed by atoms with Gasteiger partial charge in [-0.05, 0) is 44.4 Å². The monoisotopic (exact) mass is 386 g/mol. The molecule has 0 aliphatic heterocycles. The predicted octanol–water partition coefficient (Wildman–Crippen LogP) is 4.21. The van der Waals surface area contributed by atoms with E-state index in [1.165, 1.54) is 0 Å². The SMILES string of the molecule is Cc1cnc(Cc2nc3cnc4ccc(C#N)cc4c3n2C2CCC(F)C2)cn1. The average molecular weight is 386 g/mol. The fourth-order valence-electron chi connectivity index (χ4n) is 4.22. The third kappa shape index (κ3) is 3.11. The molecule has 2 unspecified atom stereocenters. The van der Waals surface area contributed by atoms with E-state index in [0.29, 0.717) is 24.8 Å². The predicted molar refractivity (Wildman–Crippen MR) is 107 cm³/mol. The Morgan fingerprint density at radius 1 is 1.14 bits per heavy atom. The van der Waals surface area contributed by atoms with E-state index >= 15 is 0 Å². The maximum atomic E-state index is 14.1. The summed E-state index contributed by atoms with van der Waals surface area (Å²) in [6.07, 6.45) is 6.76. The molecule has 0 saturated heterocycles. The van der Waals surface area contributed by atoms with Gasteiger partial charge in [-0.2, -0.15) is 5.26 Å². The van der Waals surface area contributed by atoms with Gasteiger partial charge >= 0.3 is 0 Å². The Kier molecular flexibility index (Phi) is 4.20. The van der Waals surface area contributed by atoms with Crippen LogP contribution < -0.4 is 0 Å². The minimum atomic E-state index is -0.799. The van der Waals surface area contributed by atoms with Crippen LogP contribution in [0.3, 0.4) is 0 Å². The Labute approximate surface area is 167 Å². The summed E-state index contributed by atoms with van der Waals surface area (Å²) in [5, 5.41) is 10.2. The summed E-state index contributed by atoms with van der Waals surface area (Å²) in [4.78, 5) is 18.1. The second kappa shape index (κ2) is 6.89. The van der Waals surface area contributed by atoms with E-state index in [1.54, 1.807) is 24.7 Å². The van der Waals surface area contributed by atoms with Crippen LogP contribution in [0.1, 0.15) is 48.1 Å². The molecule has 1 aromatic carbocycles. The molecule has 0 N–H and O–H groups in total. The lowest BCUT2D eigenvalue weighted by Crippen LogP contribution is -2.11. The number of hydrogen-bond acceptors (Lipinski definition) is 5. The molecule has 7 heteroatoms. The minimum absolute atomic E-state index is 0.0275. The van der Waals surface area contributed by atoms with E-state index < -0.39 is 6.17 Å². The van der Waals surface area contributed by atoms with Crippen LogP contribution in [0.5, 0.6) is 0 Å². The zero-order chi connectivity index (χ0) is 20.0. The van der Waals surface area contributed by atoms with Gasteiger partial charge in [-0.3, -0.25) is 15.0 Å². The lowest BCUT2D eigenvalue weighted by molar-refractivity contribution is 0.330. The van der Waals surface area contributed by atoms with Crippen molar-refractivity contribution in [3.05, 3.63) is 59.6 Å². The van der Waals surface area contributed by atoms with Gasteiger partial charge in [0.25, 0.3) is 0 Å². The first-order valence-electron chi connectivity index (χ1n) is 9.73. The number of nitriles is 1. The van der Waals surface area contributed by atoms with Gasteiger partial charge in [0.1, 0.15) is 17.5 Å². The number of aromatic nitrogens is 5. The summed E-state index contributed by atoms with van der Waals surface area (Å²) < 4.78 is 16.2. The quantitative estimate of drug-likeness (QED) is 0.527. The highest BCUT2D eigenvalue weighted by Gasteiger charge is 2.29. The first-order chi connectivity index (χ1) is 14.1. The third-order valence-corrected chi connectivity index (χ3v) is 5.60. The van der Waals surface area contributed by atoms with Crippen LogP contribution in [0.2, 0.25) is 0 Å². The highest BCUT2D eigenvalue weighted by molar-refractivity contribution is 6.02. The minimum Gasteiger partial charge on any atom is -0.324 e. The van der Waals surface area contributed by atoms with Crippen molar-refractivity contribution in [1.29, 1.82) is 5.26 Å². The van der Waals surface area contributed by atoms with E-state index in [9.17, 15) is 9.65 Å². The second-order valence-corrected chi connectivity index (χ2v) is 7.62. The van der Waals surface area contributed by atoms with Crippen LogP contribution in [0, 0.1) is 18.3 Å². The summed E-state index contributed by atoms with van der Waals surface area (Å²) >= 11 is 0. The molecular weight excluding hydrogens is 367 g/mol. The maximum absolute atomic E-state index is 14.1. The molecule has 4 aromatic rings. The van der Waals surface area contributed by atoms with Crippen LogP contribution in [-0.4, -0.2) is 30.7 Å².